The molecule has 114 valence electrons. The molecule has 2 nitrogen and oxygen atoms in total. The van der Waals surface area contributed by atoms with Crippen LogP contribution >= 0.6 is 0 Å². The fourth-order valence-corrected chi connectivity index (χ4v) is 6.66. The Kier molecular flexibility index (Phi) is 3.58. The fraction of sp³-hybridized carbons (Fsp3) is 1.00. The normalized spacial score (nSPS) is 49.6. The molecule has 4 bridgehead atoms. The van der Waals surface area contributed by atoms with Gasteiger partial charge in [0, 0.05) is 5.54 Å². The van der Waals surface area contributed by atoms with Crippen molar-refractivity contribution in [1.29, 1.82) is 0 Å². The molecule has 6 rings (SSSR count). The van der Waals surface area contributed by atoms with E-state index in [9.17, 15) is 0 Å². The molecule has 0 radical (unpaired) electrons. The van der Waals surface area contributed by atoms with Crippen molar-refractivity contribution >= 4 is 0 Å². The van der Waals surface area contributed by atoms with Crippen LogP contribution in [0, 0.1) is 23.7 Å². The van der Waals surface area contributed by atoms with Crippen molar-refractivity contribution in [2.75, 3.05) is 26.7 Å². The van der Waals surface area contributed by atoms with Crippen LogP contribution in [-0.2, 0) is 0 Å². The van der Waals surface area contributed by atoms with Crippen molar-refractivity contribution in [1.82, 2.24) is 10.2 Å². The minimum atomic E-state index is 0.688. The number of hydrogen-bond acceptors (Lipinski definition) is 2. The lowest BCUT2D eigenvalue weighted by Gasteiger charge is -2.62. The number of rotatable bonds is 0. The molecule has 20 heavy (non-hydrogen) atoms. The molecule has 2 saturated heterocycles. The summed E-state index contributed by atoms with van der Waals surface area (Å²) < 4.78 is 0. The van der Waals surface area contributed by atoms with Crippen molar-refractivity contribution in [3.63, 3.8) is 0 Å². The highest BCUT2D eigenvalue weighted by Gasteiger charge is 2.59. The van der Waals surface area contributed by atoms with Gasteiger partial charge >= 0.3 is 0 Å². The molecular weight excluding hydrogens is 244 g/mol. The standard InChI is InChI=1S/C14H23N.C4H9N/c1-15-4-2-3-14(15)12-6-10-5-11(8-12)9-13(14)7-10;1-2-4-5-3-1/h10-13H,2-9H2,1H3;5H,1-4H2. The second-order valence-electron chi connectivity index (χ2n) is 8.28. The maximum Gasteiger partial charge on any atom is 0.0263 e. The summed E-state index contributed by atoms with van der Waals surface area (Å²) in [5.74, 6) is 4.43. The minimum Gasteiger partial charge on any atom is -0.317 e. The van der Waals surface area contributed by atoms with E-state index in [0.29, 0.717) is 5.54 Å². The quantitative estimate of drug-likeness (QED) is 0.730. The molecular formula is C18H32N2. The first-order valence-electron chi connectivity index (χ1n) is 9.21. The topological polar surface area (TPSA) is 15.3 Å². The first-order valence-corrected chi connectivity index (χ1v) is 9.21. The molecule has 6 aliphatic rings. The maximum atomic E-state index is 3.22. The van der Waals surface area contributed by atoms with E-state index in [0.717, 1.165) is 23.7 Å². The van der Waals surface area contributed by atoms with Gasteiger partial charge < -0.3 is 10.2 Å². The van der Waals surface area contributed by atoms with Gasteiger partial charge in [-0.25, -0.2) is 0 Å². The zero-order valence-electron chi connectivity index (χ0n) is 13.2. The van der Waals surface area contributed by atoms with Gasteiger partial charge in [0.1, 0.15) is 0 Å². The molecule has 2 heteroatoms. The third kappa shape index (κ3) is 2.06. The number of nitrogens with zero attached hydrogens (tertiary/aromatic N) is 1. The third-order valence-corrected chi connectivity index (χ3v) is 7.29. The molecule has 0 atom stereocenters. The minimum absolute atomic E-state index is 0.688. The zero-order valence-corrected chi connectivity index (χ0v) is 13.2. The molecule has 0 aromatic heterocycles. The van der Waals surface area contributed by atoms with E-state index in [1.165, 1.54) is 45.3 Å². The van der Waals surface area contributed by atoms with Gasteiger partial charge in [-0.3, -0.25) is 0 Å². The molecule has 4 aliphatic carbocycles. The highest BCUT2D eigenvalue weighted by atomic mass is 15.2. The number of likely N-dealkylation sites (tertiary alicyclic amines) is 1. The van der Waals surface area contributed by atoms with E-state index in [4.69, 9.17) is 0 Å². The Balaban J connectivity index is 0.000000181. The van der Waals surface area contributed by atoms with Crippen LogP contribution in [0.4, 0.5) is 0 Å². The van der Waals surface area contributed by atoms with Gasteiger partial charge in [-0.15, -0.1) is 0 Å². The summed E-state index contributed by atoms with van der Waals surface area (Å²) in [6.45, 7) is 3.88. The highest BCUT2D eigenvalue weighted by molar-refractivity contribution is 5.13. The monoisotopic (exact) mass is 276 g/mol. The smallest absolute Gasteiger partial charge is 0.0263 e. The predicted octanol–water partition coefficient (Wildman–Crippen LogP) is 3.28. The summed E-state index contributed by atoms with van der Waals surface area (Å²) in [6, 6.07) is 0. The van der Waals surface area contributed by atoms with Gasteiger partial charge in [0.05, 0.1) is 0 Å². The van der Waals surface area contributed by atoms with Crippen LogP contribution in [0.1, 0.15) is 57.8 Å². The van der Waals surface area contributed by atoms with Crippen molar-refractivity contribution in [3.05, 3.63) is 0 Å². The zero-order chi connectivity index (χ0) is 13.6. The summed E-state index contributed by atoms with van der Waals surface area (Å²) >= 11 is 0. The Morgan fingerprint density at radius 2 is 1.45 bits per heavy atom. The van der Waals surface area contributed by atoms with Crippen molar-refractivity contribution in [2.45, 2.75) is 63.3 Å². The van der Waals surface area contributed by atoms with Gasteiger partial charge in [0.15, 0.2) is 0 Å². The molecule has 1 spiro atoms. The Morgan fingerprint density at radius 1 is 0.850 bits per heavy atom. The molecule has 1 N–H and O–H groups in total. The van der Waals surface area contributed by atoms with Crippen LogP contribution in [0.15, 0.2) is 0 Å². The second-order valence-corrected chi connectivity index (χ2v) is 8.28. The maximum absolute atomic E-state index is 3.22. The van der Waals surface area contributed by atoms with Crippen LogP contribution in [0.2, 0.25) is 0 Å². The molecule has 2 aliphatic heterocycles. The van der Waals surface area contributed by atoms with Gasteiger partial charge in [-0.05, 0) is 108 Å². The first kappa shape index (κ1) is 13.6. The number of nitrogens with one attached hydrogen (secondary N) is 1. The average Bonchev–Trinajstić information content (AvgIpc) is 3.09. The van der Waals surface area contributed by atoms with E-state index >= 15 is 0 Å². The summed E-state index contributed by atoms with van der Waals surface area (Å²) in [4.78, 5) is 2.76. The lowest BCUT2D eigenvalue weighted by molar-refractivity contribution is -0.111. The second kappa shape index (κ2) is 5.28. The van der Waals surface area contributed by atoms with Crippen molar-refractivity contribution in [2.24, 2.45) is 23.7 Å². The average molecular weight is 276 g/mol. The van der Waals surface area contributed by atoms with Gasteiger partial charge in [0.25, 0.3) is 0 Å². The summed E-state index contributed by atoms with van der Waals surface area (Å²) in [5.41, 5.74) is 0.688. The number of hydrogen-bond donors (Lipinski definition) is 1. The van der Waals surface area contributed by atoms with Crippen LogP contribution < -0.4 is 5.32 Å². The Labute approximate surface area is 124 Å². The molecule has 4 saturated carbocycles. The Morgan fingerprint density at radius 3 is 1.85 bits per heavy atom. The van der Waals surface area contributed by atoms with Crippen LogP contribution in [-0.4, -0.2) is 37.1 Å². The molecule has 0 unspecified atom stereocenters. The first-order chi connectivity index (χ1) is 9.79. The lowest BCUT2D eigenvalue weighted by atomic mass is 9.48. The van der Waals surface area contributed by atoms with Crippen molar-refractivity contribution in [3.8, 4) is 0 Å². The highest BCUT2D eigenvalue weighted by Crippen LogP contribution is 2.62. The third-order valence-electron chi connectivity index (χ3n) is 7.29. The van der Waals surface area contributed by atoms with E-state index in [-0.39, 0.29) is 0 Å². The Hall–Kier alpha value is -0.0800. The van der Waals surface area contributed by atoms with E-state index in [2.05, 4.69) is 17.3 Å². The summed E-state index contributed by atoms with van der Waals surface area (Å²) in [6.07, 6.45) is 13.7. The predicted molar refractivity (Wildman–Crippen MR) is 83.7 cm³/mol. The molecule has 0 aromatic carbocycles. The molecule has 2 heterocycles. The lowest BCUT2D eigenvalue weighted by Crippen LogP contribution is -2.62. The van der Waals surface area contributed by atoms with Crippen LogP contribution in [0.3, 0.4) is 0 Å². The van der Waals surface area contributed by atoms with Gasteiger partial charge in [-0.1, -0.05) is 0 Å². The largest absolute Gasteiger partial charge is 0.317 e. The molecule has 0 aromatic rings. The SMILES string of the molecule is C1CCNC1.CN1CCCC12C1CC3CC(C1)CC2C3. The molecule has 0 amide bonds. The van der Waals surface area contributed by atoms with Gasteiger partial charge in [-0.2, -0.15) is 0 Å². The van der Waals surface area contributed by atoms with E-state index in [1.54, 1.807) is 32.1 Å². The van der Waals surface area contributed by atoms with Crippen LogP contribution in [0.5, 0.6) is 0 Å². The summed E-state index contributed by atoms with van der Waals surface area (Å²) in [5, 5.41) is 3.22. The molecule has 6 fully saturated rings. The fourth-order valence-electron chi connectivity index (χ4n) is 6.66. The van der Waals surface area contributed by atoms with Crippen molar-refractivity contribution < 1.29 is 0 Å². The van der Waals surface area contributed by atoms with E-state index in [1.807, 2.05) is 0 Å². The summed E-state index contributed by atoms with van der Waals surface area (Å²) in [7, 11) is 2.41. The van der Waals surface area contributed by atoms with E-state index < -0.39 is 0 Å². The van der Waals surface area contributed by atoms with Gasteiger partial charge in [0.2, 0.25) is 0 Å². The van der Waals surface area contributed by atoms with Crippen LogP contribution in [0.25, 0.3) is 0 Å². The Bertz CT molecular complexity index is 312.